The summed E-state index contributed by atoms with van der Waals surface area (Å²) in [5.41, 5.74) is 0. The van der Waals surface area contributed by atoms with Crippen LogP contribution in [0.1, 0.15) is 7.79 Å². The first-order valence-electron chi connectivity index (χ1n) is 5.43. The average molecular weight is 243 g/mol. The van der Waals surface area contributed by atoms with Crippen molar-refractivity contribution >= 4 is 18.1 Å². The number of carbonyl (C=O) groups is 3. The summed E-state index contributed by atoms with van der Waals surface area (Å²) in [5.74, 6) is -0.471. The molecule has 1 fully saturated rings. The maximum absolute atomic E-state index is 11.6. The van der Waals surface area contributed by atoms with Crippen LogP contribution in [0.4, 0.5) is 4.79 Å². The van der Waals surface area contributed by atoms with Crippen LogP contribution in [-0.2, 0) is 14.3 Å². The van der Waals surface area contributed by atoms with Crippen LogP contribution in [0, 0.1) is 0 Å². The first kappa shape index (κ1) is 11.7. The van der Waals surface area contributed by atoms with Crippen LogP contribution in [-0.4, -0.2) is 54.1 Å². The molecule has 94 valence electrons. The number of allylic oxidation sites excluding steroid dienone is 1. The predicted octanol–water partition coefficient (Wildman–Crippen LogP) is -0.983. The van der Waals surface area contributed by atoms with E-state index in [0.717, 1.165) is 17.2 Å². The molecule has 0 spiro atoms. The number of ketones is 1. The van der Waals surface area contributed by atoms with Gasteiger partial charge in [-0.25, -0.2) is 4.79 Å². The van der Waals surface area contributed by atoms with Crippen LogP contribution in [0.2, 0.25) is 0 Å². The van der Waals surface area contributed by atoms with Crippen LogP contribution < -0.4 is 5.32 Å². The molecule has 1 rings (SSSR count). The summed E-state index contributed by atoms with van der Waals surface area (Å²) in [7, 11) is 1.34. The van der Waals surface area contributed by atoms with Crippen molar-refractivity contribution in [3.8, 4) is 0 Å². The van der Waals surface area contributed by atoms with Crippen molar-refractivity contribution in [2.45, 2.75) is 18.7 Å². The van der Waals surface area contributed by atoms with Crippen molar-refractivity contribution < 1.29 is 25.6 Å². The molecular formula is C10H14N2O5. The Morgan fingerprint density at radius 2 is 2.53 bits per heavy atom. The molecule has 2 amide bonds. The highest BCUT2D eigenvalue weighted by Crippen LogP contribution is 2.20. The zero-order chi connectivity index (χ0) is 13.8. The Morgan fingerprint density at radius 3 is 3.00 bits per heavy atom. The van der Waals surface area contributed by atoms with E-state index in [1.54, 1.807) is 0 Å². The smallest absolute Gasteiger partial charge is 0.323 e. The van der Waals surface area contributed by atoms with E-state index in [9.17, 15) is 14.4 Å². The van der Waals surface area contributed by atoms with Gasteiger partial charge in [-0.1, -0.05) is 0 Å². The molecule has 1 aliphatic heterocycles. The summed E-state index contributed by atoms with van der Waals surface area (Å²) in [5, 5.41) is 11.2. The standard InChI is InChI=1S/C10H14N2O5/c1-11-10(16)12(3-2-4-13)9-5-7(15)8(6-14)17-9/h2-4,8-9,14H,5-6H2,1H3,(H,11,16)/b3-2-/t8-,9-/m1/s1/i9D. The molecule has 1 heterocycles. The topological polar surface area (TPSA) is 95.9 Å². The van der Waals surface area contributed by atoms with Crippen LogP contribution in [0.3, 0.4) is 0 Å². The fourth-order valence-electron chi connectivity index (χ4n) is 1.32. The van der Waals surface area contributed by atoms with Gasteiger partial charge in [-0.05, 0) is 6.08 Å². The molecule has 0 aromatic rings. The highest BCUT2D eigenvalue weighted by molar-refractivity contribution is 5.86. The third kappa shape index (κ3) is 3.11. The lowest BCUT2D eigenvalue weighted by atomic mass is 10.2. The van der Waals surface area contributed by atoms with E-state index in [0.29, 0.717) is 6.29 Å². The normalized spacial score (nSPS) is 29.2. The third-order valence-electron chi connectivity index (χ3n) is 2.14. The van der Waals surface area contributed by atoms with Crippen molar-refractivity contribution in [1.29, 1.82) is 0 Å². The summed E-state index contributed by atoms with van der Waals surface area (Å²) in [6, 6.07) is -0.700. The zero-order valence-electron chi connectivity index (χ0n) is 10.3. The molecule has 1 saturated heterocycles. The van der Waals surface area contributed by atoms with Crippen molar-refractivity contribution in [1.82, 2.24) is 10.2 Å². The summed E-state index contributed by atoms with van der Waals surface area (Å²) in [4.78, 5) is 34.1. The van der Waals surface area contributed by atoms with Gasteiger partial charge in [-0.3, -0.25) is 14.5 Å². The average Bonchev–Trinajstić information content (AvgIpc) is 2.65. The fourth-order valence-corrected chi connectivity index (χ4v) is 1.32. The van der Waals surface area contributed by atoms with Gasteiger partial charge in [0, 0.05) is 13.2 Å². The Labute approximate surface area is 99.4 Å². The highest BCUT2D eigenvalue weighted by atomic mass is 16.5. The second-order valence-corrected chi connectivity index (χ2v) is 3.23. The van der Waals surface area contributed by atoms with Gasteiger partial charge in [0.1, 0.15) is 18.6 Å². The lowest BCUT2D eigenvalue weighted by molar-refractivity contribution is -0.125. The number of hydrogen-bond donors (Lipinski definition) is 2. The quantitative estimate of drug-likeness (QED) is 0.488. The molecule has 7 heteroatoms. The van der Waals surface area contributed by atoms with Crippen LogP contribution in [0.25, 0.3) is 0 Å². The molecule has 17 heavy (non-hydrogen) atoms. The first-order chi connectivity index (χ1) is 8.48. The van der Waals surface area contributed by atoms with Gasteiger partial charge in [-0.2, -0.15) is 0 Å². The number of nitrogens with zero attached hydrogens (tertiary/aromatic N) is 1. The second kappa shape index (κ2) is 6.12. The van der Waals surface area contributed by atoms with Crippen molar-refractivity contribution in [2.75, 3.05) is 13.7 Å². The number of carbonyl (C=O) groups excluding carboxylic acids is 3. The zero-order valence-corrected chi connectivity index (χ0v) is 9.25. The van der Waals surface area contributed by atoms with Gasteiger partial charge < -0.3 is 15.2 Å². The van der Waals surface area contributed by atoms with Crippen LogP contribution in [0.5, 0.6) is 0 Å². The van der Waals surface area contributed by atoms with Crippen molar-refractivity contribution in [2.24, 2.45) is 0 Å². The molecule has 0 aliphatic carbocycles. The molecule has 0 bridgehead atoms. The predicted molar refractivity (Wildman–Crippen MR) is 56.9 cm³/mol. The SMILES string of the molecule is [2H][C@]1(N(/C=C\C=O)C(=O)NC)CC(=O)[C@@H](CO)O1. The largest absolute Gasteiger partial charge is 0.393 e. The molecular weight excluding hydrogens is 228 g/mol. The minimum atomic E-state index is -1.95. The Bertz CT molecular complexity index is 386. The maximum Gasteiger partial charge on any atom is 0.323 e. The molecule has 0 aromatic heterocycles. The molecule has 7 nitrogen and oxygen atoms in total. The Hall–Kier alpha value is -1.73. The van der Waals surface area contributed by atoms with Gasteiger partial charge in [-0.15, -0.1) is 0 Å². The molecule has 0 unspecified atom stereocenters. The molecule has 2 atom stereocenters. The van der Waals surface area contributed by atoms with Crippen molar-refractivity contribution in [3.63, 3.8) is 0 Å². The van der Waals surface area contributed by atoms with Gasteiger partial charge >= 0.3 is 6.03 Å². The number of nitrogens with one attached hydrogen (secondary N) is 1. The van der Waals surface area contributed by atoms with Gasteiger partial charge in [0.25, 0.3) is 0 Å². The number of hydrogen-bond acceptors (Lipinski definition) is 5. The van der Waals surface area contributed by atoms with E-state index >= 15 is 0 Å². The molecule has 0 saturated carbocycles. The molecule has 1 aliphatic rings. The maximum atomic E-state index is 11.6. The third-order valence-corrected chi connectivity index (χ3v) is 2.14. The number of aldehydes is 1. The van der Waals surface area contributed by atoms with Gasteiger partial charge in [0.2, 0.25) is 0 Å². The van der Waals surface area contributed by atoms with Crippen LogP contribution in [0.15, 0.2) is 12.3 Å². The van der Waals surface area contributed by atoms with Crippen LogP contribution >= 0.6 is 0 Å². The van der Waals surface area contributed by atoms with E-state index in [2.05, 4.69) is 5.32 Å². The number of Topliss-reactive ketones (excluding diaryl/α,β-unsaturated/α-hetero) is 1. The van der Waals surface area contributed by atoms with E-state index in [-0.39, 0.29) is 6.42 Å². The van der Waals surface area contributed by atoms with Gasteiger partial charge in [0.15, 0.2) is 5.78 Å². The summed E-state index contributed by atoms with van der Waals surface area (Å²) in [6.07, 6.45) is -0.977. The molecule has 2 N–H and O–H groups in total. The van der Waals surface area contributed by atoms with E-state index in [1.165, 1.54) is 7.05 Å². The summed E-state index contributed by atoms with van der Waals surface area (Å²) >= 11 is 0. The van der Waals surface area contributed by atoms with E-state index in [4.69, 9.17) is 11.2 Å². The fraction of sp³-hybridized carbons (Fsp3) is 0.500. The second-order valence-electron chi connectivity index (χ2n) is 3.23. The molecule has 0 radical (unpaired) electrons. The number of aliphatic hydroxyl groups is 1. The van der Waals surface area contributed by atoms with E-state index in [1.807, 2.05) is 0 Å². The Kier molecular flexibility index (Phi) is 4.23. The minimum absolute atomic E-state index is 0.380. The number of rotatable bonds is 4. The first-order valence-corrected chi connectivity index (χ1v) is 4.93. The number of urea groups is 1. The summed E-state index contributed by atoms with van der Waals surface area (Å²) in [6.45, 7) is -0.557. The highest BCUT2D eigenvalue weighted by Gasteiger charge is 2.37. The minimum Gasteiger partial charge on any atom is -0.393 e. The molecule has 0 aromatic carbocycles. The van der Waals surface area contributed by atoms with Gasteiger partial charge in [0.05, 0.1) is 14.4 Å². The number of amides is 2. The van der Waals surface area contributed by atoms with E-state index < -0.39 is 30.7 Å². The Balaban J connectivity index is 2.98. The number of ether oxygens (including phenoxy) is 1. The number of aliphatic hydroxyl groups excluding tert-OH is 1. The lowest BCUT2D eigenvalue weighted by Gasteiger charge is -2.23. The van der Waals surface area contributed by atoms with Crippen molar-refractivity contribution in [3.05, 3.63) is 12.3 Å². The summed E-state index contributed by atoms with van der Waals surface area (Å²) < 4.78 is 13.0. The Morgan fingerprint density at radius 1 is 1.82 bits per heavy atom. The lowest BCUT2D eigenvalue weighted by Crippen LogP contribution is -2.41. The monoisotopic (exact) mass is 243 g/mol.